The maximum Gasteiger partial charge on any atom is 0.373 e. The van der Waals surface area contributed by atoms with Crippen LogP contribution in [-0.2, 0) is 26.2 Å². The van der Waals surface area contributed by atoms with Crippen LogP contribution in [0, 0.1) is 0 Å². The van der Waals surface area contributed by atoms with E-state index in [2.05, 4.69) is 70.8 Å². The highest BCUT2D eigenvalue weighted by atomic mass is 15.2. The van der Waals surface area contributed by atoms with Gasteiger partial charge in [0.1, 0.15) is 24.8 Å². The Kier molecular flexibility index (Phi) is 31.3. The maximum atomic E-state index is 2.65. The Hall–Kier alpha value is -1.58. The van der Waals surface area contributed by atoms with Gasteiger partial charge in [0, 0.05) is 0 Å². The van der Waals surface area contributed by atoms with E-state index in [0.717, 1.165) is 26.2 Å². The molecule has 0 radical (unpaired) electrons. The first-order valence-electron chi connectivity index (χ1n) is 24.4. The molecule has 0 fully saturated rings. The van der Waals surface area contributed by atoms with Crippen molar-refractivity contribution in [1.82, 2.24) is 9.13 Å². The van der Waals surface area contributed by atoms with Crippen LogP contribution < -0.4 is 9.13 Å². The van der Waals surface area contributed by atoms with E-state index in [4.69, 9.17) is 0 Å². The fraction of sp³-hybridized carbons (Fsp3) is 0.878. The number of aromatic nitrogens is 4. The molecule has 53 heavy (non-hydrogen) atoms. The molecule has 0 N–H and O–H groups in total. The first-order valence-corrected chi connectivity index (χ1v) is 24.4. The third-order valence-corrected chi connectivity index (χ3v) is 11.9. The molecule has 0 atom stereocenters. The molecule has 0 bridgehead atoms. The molecule has 0 spiro atoms. The van der Waals surface area contributed by atoms with Gasteiger partial charge in [0.15, 0.2) is 0 Å². The number of rotatable bonds is 40. The Morgan fingerprint density at radius 1 is 0.302 bits per heavy atom. The molecule has 0 saturated heterocycles. The van der Waals surface area contributed by atoms with Crippen LogP contribution in [0.2, 0.25) is 0 Å². The summed E-state index contributed by atoms with van der Waals surface area (Å²) < 4.78 is 10.6. The van der Waals surface area contributed by atoms with Crippen LogP contribution in [0.3, 0.4) is 0 Å². The monoisotopic (exact) mass is 739 g/mol. The molecule has 0 saturated carbocycles. The van der Waals surface area contributed by atoms with Crippen LogP contribution in [0.4, 0.5) is 0 Å². The third kappa shape index (κ3) is 23.2. The molecule has 0 aliphatic rings. The molecule has 0 amide bonds. The number of hydrogen-bond acceptors (Lipinski definition) is 0. The lowest BCUT2D eigenvalue weighted by molar-refractivity contribution is -0.715. The highest BCUT2D eigenvalue weighted by Gasteiger charge is 2.32. The lowest BCUT2D eigenvalue weighted by Crippen LogP contribution is -2.43. The van der Waals surface area contributed by atoms with Crippen molar-refractivity contribution in [2.24, 2.45) is 0 Å². The van der Waals surface area contributed by atoms with Gasteiger partial charge in [-0.25, -0.2) is 18.3 Å². The average Bonchev–Trinajstić information content (AvgIpc) is 3.76. The first kappa shape index (κ1) is 47.6. The molecule has 2 aromatic heterocycles. The van der Waals surface area contributed by atoms with E-state index in [9.17, 15) is 0 Å². The maximum absolute atomic E-state index is 2.65. The van der Waals surface area contributed by atoms with Gasteiger partial charge in [-0.2, -0.15) is 0 Å². The van der Waals surface area contributed by atoms with Gasteiger partial charge in [-0.15, -0.1) is 0 Å². The van der Waals surface area contributed by atoms with Crippen LogP contribution >= 0.6 is 0 Å². The summed E-state index contributed by atoms with van der Waals surface area (Å²) in [7, 11) is 0. The third-order valence-electron chi connectivity index (χ3n) is 11.9. The Balaban J connectivity index is 2.12. The van der Waals surface area contributed by atoms with Crippen LogP contribution in [0.1, 0.15) is 252 Å². The SMILES string of the molecule is CCCCCCCCCCCn1cc[n+](CCCCCCCCCCC)c1-c1n(CCCCCCCCCC)cc[n+]1CCCCCCCCCCC. The number of hydrogen-bond donors (Lipinski definition) is 0. The van der Waals surface area contributed by atoms with Gasteiger partial charge in [0.05, 0.1) is 26.2 Å². The lowest BCUT2D eigenvalue weighted by atomic mass is 10.1. The smallest absolute Gasteiger partial charge is 0.223 e. The van der Waals surface area contributed by atoms with Gasteiger partial charge in [0.25, 0.3) is 0 Å². The summed E-state index contributed by atoms with van der Waals surface area (Å²) in [5.41, 5.74) is 0. The van der Waals surface area contributed by atoms with Crippen molar-refractivity contribution < 1.29 is 9.13 Å². The molecule has 4 nitrogen and oxygen atoms in total. The fourth-order valence-electron chi connectivity index (χ4n) is 8.36. The molecule has 308 valence electrons. The quantitative estimate of drug-likeness (QED) is 0.0479. The molecule has 4 heteroatoms. The molecule has 0 aliphatic carbocycles. The normalized spacial score (nSPS) is 11.7. The van der Waals surface area contributed by atoms with Gasteiger partial charge >= 0.3 is 11.6 Å². The lowest BCUT2D eigenvalue weighted by Gasteiger charge is -2.08. The van der Waals surface area contributed by atoms with Crippen LogP contribution in [0.15, 0.2) is 24.8 Å². The van der Waals surface area contributed by atoms with E-state index in [1.807, 2.05) is 0 Å². The zero-order valence-corrected chi connectivity index (χ0v) is 36.7. The number of aryl methyl sites for hydroxylation is 4. The summed E-state index contributed by atoms with van der Waals surface area (Å²) in [4.78, 5) is 0. The molecule has 2 aromatic rings. The molecule has 0 aliphatic heterocycles. The fourth-order valence-corrected chi connectivity index (χ4v) is 8.36. The molecular weight excluding hydrogens is 645 g/mol. The average molecular weight is 739 g/mol. The minimum atomic E-state index is 1.15. The number of nitrogens with zero attached hydrogens (tertiary/aromatic N) is 4. The van der Waals surface area contributed by atoms with Gasteiger partial charge in [-0.05, 0) is 51.4 Å². The number of imidazole rings is 2. The second kappa shape index (κ2) is 34.9. The summed E-state index contributed by atoms with van der Waals surface area (Å²) in [5.74, 6) is 2.95. The highest BCUT2D eigenvalue weighted by Crippen LogP contribution is 2.19. The van der Waals surface area contributed by atoms with E-state index in [-0.39, 0.29) is 0 Å². The second-order valence-electron chi connectivity index (χ2n) is 17.0. The highest BCUT2D eigenvalue weighted by molar-refractivity contribution is 5.36. The van der Waals surface area contributed by atoms with E-state index in [0.29, 0.717) is 0 Å². The van der Waals surface area contributed by atoms with Gasteiger partial charge in [-0.1, -0.05) is 201 Å². The molecule has 0 aromatic carbocycles. The van der Waals surface area contributed by atoms with Crippen molar-refractivity contribution in [1.29, 1.82) is 0 Å². The first-order chi connectivity index (χ1) is 26.3. The van der Waals surface area contributed by atoms with E-state index in [1.165, 1.54) is 236 Å². The zero-order valence-electron chi connectivity index (χ0n) is 36.7. The minimum absolute atomic E-state index is 1.15. The van der Waals surface area contributed by atoms with Crippen LogP contribution in [0.5, 0.6) is 0 Å². The van der Waals surface area contributed by atoms with E-state index < -0.39 is 0 Å². The zero-order chi connectivity index (χ0) is 37.9. The predicted molar refractivity (Wildman–Crippen MR) is 233 cm³/mol. The molecule has 0 unspecified atom stereocenters. The van der Waals surface area contributed by atoms with Crippen molar-refractivity contribution in [3.8, 4) is 11.6 Å². The predicted octanol–water partition coefficient (Wildman–Crippen LogP) is 15.3. The summed E-state index contributed by atoms with van der Waals surface area (Å²) in [5, 5.41) is 0. The van der Waals surface area contributed by atoms with Crippen LogP contribution in [-0.4, -0.2) is 9.13 Å². The Labute approximate surface area is 332 Å². The summed E-state index contributed by atoms with van der Waals surface area (Å²) in [6.45, 7) is 13.9. The summed E-state index contributed by atoms with van der Waals surface area (Å²) >= 11 is 0. The largest absolute Gasteiger partial charge is 0.373 e. The van der Waals surface area contributed by atoms with E-state index >= 15 is 0 Å². The summed E-state index contributed by atoms with van der Waals surface area (Å²) in [6, 6.07) is 0. The Morgan fingerprint density at radius 3 is 0.792 bits per heavy atom. The minimum Gasteiger partial charge on any atom is -0.223 e. The van der Waals surface area contributed by atoms with Gasteiger partial charge in [0.2, 0.25) is 0 Å². The Morgan fingerprint density at radius 2 is 0.528 bits per heavy atom. The van der Waals surface area contributed by atoms with Crippen molar-refractivity contribution in [2.45, 2.75) is 279 Å². The second-order valence-corrected chi connectivity index (χ2v) is 17.0. The molecular formula is C49H94N4+2. The summed E-state index contributed by atoms with van der Waals surface area (Å²) in [6.07, 6.45) is 58.4. The Bertz CT molecular complexity index is 1010. The van der Waals surface area contributed by atoms with Crippen molar-refractivity contribution in [3.05, 3.63) is 24.8 Å². The van der Waals surface area contributed by atoms with Crippen molar-refractivity contribution in [2.75, 3.05) is 0 Å². The number of unbranched alkanes of at least 4 members (excludes halogenated alkanes) is 31. The van der Waals surface area contributed by atoms with Gasteiger partial charge < -0.3 is 0 Å². The molecule has 2 heterocycles. The van der Waals surface area contributed by atoms with Crippen molar-refractivity contribution in [3.63, 3.8) is 0 Å². The molecule has 2 rings (SSSR count). The van der Waals surface area contributed by atoms with Crippen LogP contribution in [0.25, 0.3) is 11.6 Å². The van der Waals surface area contributed by atoms with E-state index in [1.54, 1.807) is 0 Å². The standard InChI is InChI=1S/C49H94N4/c1-5-9-13-17-21-25-29-33-37-41-51-45-44-50(40-36-32-28-24-20-16-12-8-4)48(51)49-52(42-38-34-30-26-22-18-14-10-6-2)46-47-53(49)43-39-35-31-27-23-19-15-11-7-3/h44-47H,5-43H2,1-4H3/q+2. The van der Waals surface area contributed by atoms with Gasteiger partial charge in [-0.3, -0.25) is 0 Å². The van der Waals surface area contributed by atoms with Crippen molar-refractivity contribution >= 4 is 0 Å². The topological polar surface area (TPSA) is 17.6 Å².